The molecule has 23 heavy (non-hydrogen) atoms. The highest BCUT2D eigenvalue weighted by Crippen LogP contribution is 2.27. The highest BCUT2D eigenvalue weighted by molar-refractivity contribution is 5.98. The normalized spacial score (nSPS) is 11.4. The van der Waals surface area contributed by atoms with E-state index in [1.807, 2.05) is 20.8 Å². The van der Waals surface area contributed by atoms with Crippen LogP contribution in [0.4, 0.5) is 5.69 Å². The van der Waals surface area contributed by atoms with Gasteiger partial charge in [0.1, 0.15) is 5.75 Å². The summed E-state index contributed by atoms with van der Waals surface area (Å²) >= 11 is 0. The van der Waals surface area contributed by atoms with Crippen molar-refractivity contribution < 1.29 is 19.1 Å². The van der Waals surface area contributed by atoms with E-state index in [0.29, 0.717) is 23.4 Å². The second-order valence-electron chi connectivity index (χ2n) is 5.25. The molecule has 130 valence electrons. The molecule has 1 aromatic rings. The van der Waals surface area contributed by atoms with Crippen LogP contribution in [0.1, 0.15) is 44.0 Å². The molecule has 0 aromatic heterocycles. The van der Waals surface area contributed by atoms with Gasteiger partial charge in [-0.25, -0.2) is 4.79 Å². The van der Waals surface area contributed by atoms with E-state index in [1.54, 1.807) is 12.1 Å². The minimum Gasteiger partial charge on any atom is -0.489 e. The van der Waals surface area contributed by atoms with Gasteiger partial charge in [-0.2, -0.15) is 0 Å². The van der Waals surface area contributed by atoms with Crippen molar-refractivity contribution in [2.45, 2.75) is 45.8 Å². The van der Waals surface area contributed by atoms with Gasteiger partial charge in [0.15, 0.2) is 0 Å². The summed E-state index contributed by atoms with van der Waals surface area (Å²) in [5.74, 6) is -0.304. The quantitative estimate of drug-likeness (QED) is 0.742. The number of methoxy groups -OCH3 is 1. The van der Waals surface area contributed by atoms with Gasteiger partial charge in [0, 0.05) is 0 Å². The lowest BCUT2D eigenvalue weighted by Crippen LogP contribution is -2.35. The Morgan fingerprint density at radius 3 is 2.48 bits per heavy atom. The summed E-state index contributed by atoms with van der Waals surface area (Å²) in [6.45, 7) is 5.71. The Morgan fingerprint density at radius 2 is 1.96 bits per heavy atom. The second-order valence-corrected chi connectivity index (χ2v) is 5.25. The Kier molecular flexibility index (Phi) is 9.29. The topological polar surface area (TPSA) is 90.7 Å². The van der Waals surface area contributed by atoms with Gasteiger partial charge in [-0.05, 0) is 38.5 Å². The summed E-state index contributed by atoms with van der Waals surface area (Å²) in [4.78, 5) is 23.7. The molecule has 0 radical (unpaired) electrons. The van der Waals surface area contributed by atoms with Crippen molar-refractivity contribution in [1.82, 2.24) is 0 Å². The summed E-state index contributed by atoms with van der Waals surface area (Å²) < 4.78 is 10.3. The molecule has 1 aromatic carbocycles. The smallest absolute Gasteiger partial charge is 0.337 e. The van der Waals surface area contributed by atoms with Crippen molar-refractivity contribution in [3.8, 4) is 5.75 Å². The van der Waals surface area contributed by atoms with Crippen LogP contribution in [0.15, 0.2) is 18.2 Å². The first-order valence-corrected chi connectivity index (χ1v) is 7.34. The summed E-state index contributed by atoms with van der Waals surface area (Å²) in [5.41, 5.74) is 6.55. The molecule has 1 amide bonds. The number of hydrogen-bond acceptors (Lipinski definition) is 5. The fourth-order valence-corrected chi connectivity index (χ4v) is 1.90. The van der Waals surface area contributed by atoms with Crippen molar-refractivity contribution in [2.24, 2.45) is 5.73 Å². The maximum Gasteiger partial charge on any atom is 0.337 e. The molecule has 7 heteroatoms. The van der Waals surface area contributed by atoms with Crippen LogP contribution in [0, 0.1) is 0 Å². The van der Waals surface area contributed by atoms with E-state index in [9.17, 15) is 9.59 Å². The number of benzene rings is 1. The van der Waals surface area contributed by atoms with Crippen LogP contribution in [0.3, 0.4) is 0 Å². The zero-order valence-electron chi connectivity index (χ0n) is 13.9. The second kappa shape index (κ2) is 10.1. The lowest BCUT2D eigenvalue weighted by molar-refractivity contribution is -0.117. The molecule has 0 aliphatic carbocycles. The summed E-state index contributed by atoms with van der Waals surface area (Å²) in [6, 6.07) is 4.15. The third kappa shape index (κ3) is 6.46. The van der Waals surface area contributed by atoms with E-state index in [1.165, 1.54) is 13.2 Å². The maximum atomic E-state index is 12.1. The fraction of sp³-hybridized carbons (Fsp3) is 0.500. The van der Waals surface area contributed by atoms with E-state index >= 15 is 0 Å². The van der Waals surface area contributed by atoms with Gasteiger partial charge in [0.2, 0.25) is 5.91 Å². The number of nitrogens with one attached hydrogen (secondary N) is 1. The molecule has 0 saturated heterocycles. The first-order chi connectivity index (χ1) is 10.4. The van der Waals surface area contributed by atoms with Crippen molar-refractivity contribution >= 4 is 30.0 Å². The van der Waals surface area contributed by atoms with Crippen LogP contribution in [0.2, 0.25) is 0 Å². The third-order valence-corrected chi connectivity index (χ3v) is 2.96. The Morgan fingerprint density at radius 1 is 1.30 bits per heavy atom. The monoisotopic (exact) mass is 344 g/mol. The lowest BCUT2D eigenvalue weighted by Gasteiger charge is -2.17. The standard InChI is InChI=1S/C16H24N2O4.ClH/c1-5-6-12(17)15(19)18-13-9-11(16(20)21-4)7-8-14(13)22-10(2)3;/h7-10,12H,5-6,17H2,1-4H3,(H,18,19);1H. The molecule has 0 aliphatic rings. The van der Waals surface area contributed by atoms with Gasteiger partial charge in [-0.15, -0.1) is 12.4 Å². The highest BCUT2D eigenvalue weighted by Gasteiger charge is 2.17. The molecule has 1 rings (SSSR count). The van der Waals surface area contributed by atoms with Gasteiger partial charge >= 0.3 is 5.97 Å². The van der Waals surface area contributed by atoms with Crippen LogP contribution >= 0.6 is 12.4 Å². The van der Waals surface area contributed by atoms with Crippen LogP contribution in [-0.2, 0) is 9.53 Å². The Bertz CT molecular complexity index is 535. The molecule has 0 heterocycles. The van der Waals surface area contributed by atoms with Crippen LogP contribution in [0.25, 0.3) is 0 Å². The Balaban J connectivity index is 0.00000484. The lowest BCUT2D eigenvalue weighted by atomic mass is 10.1. The predicted octanol–water partition coefficient (Wildman–Crippen LogP) is 2.75. The van der Waals surface area contributed by atoms with Gasteiger partial charge in [0.25, 0.3) is 0 Å². The maximum absolute atomic E-state index is 12.1. The summed E-state index contributed by atoms with van der Waals surface area (Å²) in [6.07, 6.45) is 1.33. The van der Waals surface area contributed by atoms with Crippen LogP contribution < -0.4 is 15.8 Å². The molecule has 0 spiro atoms. The zero-order valence-corrected chi connectivity index (χ0v) is 14.7. The highest BCUT2D eigenvalue weighted by atomic mass is 35.5. The fourth-order valence-electron chi connectivity index (χ4n) is 1.90. The molecule has 3 N–H and O–H groups in total. The van der Waals surface area contributed by atoms with Gasteiger partial charge in [-0.1, -0.05) is 13.3 Å². The van der Waals surface area contributed by atoms with E-state index in [2.05, 4.69) is 10.1 Å². The van der Waals surface area contributed by atoms with E-state index in [4.69, 9.17) is 10.5 Å². The van der Waals surface area contributed by atoms with Gasteiger partial charge in [-0.3, -0.25) is 4.79 Å². The largest absolute Gasteiger partial charge is 0.489 e. The first-order valence-electron chi connectivity index (χ1n) is 7.34. The number of carbonyl (C=O) groups excluding carboxylic acids is 2. The number of ether oxygens (including phenoxy) is 2. The van der Waals surface area contributed by atoms with Crippen LogP contribution in [-0.4, -0.2) is 31.1 Å². The molecule has 0 aliphatic heterocycles. The minimum absolute atomic E-state index is 0. The first kappa shape index (κ1) is 21.2. The molecule has 0 bridgehead atoms. The van der Waals surface area contributed by atoms with E-state index in [0.717, 1.165) is 6.42 Å². The number of anilines is 1. The van der Waals surface area contributed by atoms with Gasteiger partial charge in [0.05, 0.1) is 30.5 Å². The number of halogens is 1. The predicted molar refractivity (Wildman–Crippen MR) is 92.3 cm³/mol. The van der Waals surface area contributed by atoms with Gasteiger partial charge < -0.3 is 20.5 Å². The zero-order chi connectivity index (χ0) is 16.7. The molecular weight excluding hydrogens is 320 g/mol. The molecule has 1 unspecified atom stereocenters. The molecule has 0 saturated carbocycles. The molecule has 1 atom stereocenters. The number of rotatable bonds is 7. The molecular formula is C16H25ClN2O4. The Labute approximate surface area is 143 Å². The minimum atomic E-state index is -0.598. The third-order valence-electron chi connectivity index (χ3n) is 2.96. The summed E-state index contributed by atoms with van der Waals surface area (Å²) in [7, 11) is 1.30. The van der Waals surface area contributed by atoms with E-state index in [-0.39, 0.29) is 24.4 Å². The average Bonchev–Trinajstić information content (AvgIpc) is 2.47. The van der Waals surface area contributed by atoms with Crippen molar-refractivity contribution in [3.05, 3.63) is 23.8 Å². The summed E-state index contributed by atoms with van der Waals surface area (Å²) in [5, 5.41) is 2.72. The number of esters is 1. The van der Waals surface area contributed by atoms with Crippen molar-refractivity contribution in [3.63, 3.8) is 0 Å². The molecule has 0 fully saturated rings. The SMILES string of the molecule is CCCC(N)C(=O)Nc1cc(C(=O)OC)ccc1OC(C)C.Cl. The molecule has 6 nitrogen and oxygen atoms in total. The van der Waals surface area contributed by atoms with Crippen molar-refractivity contribution in [2.75, 3.05) is 12.4 Å². The number of carbonyl (C=O) groups is 2. The van der Waals surface area contributed by atoms with Crippen LogP contribution in [0.5, 0.6) is 5.75 Å². The Hall–Kier alpha value is -1.79. The average molecular weight is 345 g/mol. The number of nitrogens with two attached hydrogens (primary N) is 1. The van der Waals surface area contributed by atoms with Crippen molar-refractivity contribution in [1.29, 1.82) is 0 Å². The van der Waals surface area contributed by atoms with E-state index < -0.39 is 12.0 Å². The number of hydrogen-bond donors (Lipinski definition) is 2. The number of amides is 1.